The number of hydrogen-bond acceptors (Lipinski definition) is 5. The second-order valence-corrected chi connectivity index (χ2v) is 8.82. The highest BCUT2D eigenvalue weighted by molar-refractivity contribution is 5.72. The maximum atomic E-state index is 11.9. The molecule has 0 aromatic heterocycles. The lowest BCUT2D eigenvalue weighted by molar-refractivity contribution is -0.169. The van der Waals surface area contributed by atoms with E-state index in [1.54, 1.807) is 0 Å². The quantitative estimate of drug-likeness (QED) is 0.760. The third-order valence-electron chi connectivity index (χ3n) is 6.71. The van der Waals surface area contributed by atoms with Gasteiger partial charge in [-0.1, -0.05) is 39.0 Å². The van der Waals surface area contributed by atoms with Crippen molar-refractivity contribution in [3.63, 3.8) is 0 Å². The molecule has 0 amide bonds. The van der Waals surface area contributed by atoms with Crippen LogP contribution in [-0.2, 0) is 19.1 Å². The lowest BCUT2D eigenvalue weighted by atomic mass is 9.56. The molecule has 1 heterocycles. The third-order valence-corrected chi connectivity index (χ3v) is 6.71. The third kappa shape index (κ3) is 4.13. The Morgan fingerprint density at radius 3 is 2.78 bits per heavy atom. The first-order chi connectivity index (χ1) is 12.7. The summed E-state index contributed by atoms with van der Waals surface area (Å²) in [6.07, 6.45) is 8.77. The SMILES string of the molecule is CC(=O)O[C@H]1CC(=O)OC(CC[C@H]2[C@@H](C)C=CC3=C[C@H](C)C[C@H](O)[C@@]32C)C1. The van der Waals surface area contributed by atoms with Gasteiger partial charge in [-0.15, -0.1) is 0 Å². The fourth-order valence-electron chi connectivity index (χ4n) is 5.25. The van der Waals surface area contributed by atoms with Gasteiger partial charge in [0, 0.05) is 18.8 Å². The van der Waals surface area contributed by atoms with Gasteiger partial charge in [0.15, 0.2) is 0 Å². The van der Waals surface area contributed by atoms with E-state index in [1.807, 2.05) is 0 Å². The molecule has 27 heavy (non-hydrogen) atoms. The lowest BCUT2D eigenvalue weighted by Crippen LogP contribution is -2.48. The summed E-state index contributed by atoms with van der Waals surface area (Å²) in [6.45, 7) is 7.88. The number of hydrogen-bond donors (Lipinski definition) is 1. The first kappa shape index (κ1) is 20.1. The highest BCUT2D eigenvalue weighted by Gasteiger charge is 2.48. The molecule has 1 N–H and O–H groups in total. The number of fused-ring (bicyclic) bond motifs is 1. The monoisotopic (exact) mass is 376 g/mol. The molecule has 150 valence electrons. The molecule has 0 bridgehead atoms. The minimum Gasteiger partial charge on any atom is -0.462 e. The van der Waals surface area contributed by atoms with E-state index in [9.17, 15) is 14.7 Å². The molecular formula is C22H32O5. The van der Waals surface area contributed by atoms with Crippen LogP contribution in [0.2, 0.25) is 0 Å². The summed E-state index contributed by atoms with van der Waals surface area (Å²) >= 11 is 0. The van der Waals surface area contributed by atoms with Crippen molar-refractivity contribution in [1.29, 1.82) is 0 Å². The van der Waals surface area contributed by atoms with Crippen LogP contribution < -0.4 is 0 Å². The van der Waals surface area contributed by atoms with Gasteiger partial charge >= 0.3 is 11.9 Å². The molecular weight excluding hydrogens is 344 g/mol. The molecule has 5 heteroatoms. The number of allylic oxidation sites excluding steroid dienone is 3. The first-order valence-corrected chi connectivity index (χ1v) is 10.2. The Kier molecular flexibility index (Phi) is 5.80. The van der Waals surface area contributed by atoms with Gasteiger partial charge in [-0.05, 0) is 42.6 Å². The minimum atomic E-state index is -0.385. The van der Waals surface area contributed by atoms with Crippen LogP contribution in [0.15, 0.2) is 23.8 Å². The summed E-state index contributed by atoms with van der Waals surface area (Å²) in [7, 11) is 0. The molecule has 5 nitrogen and oxygen atoms in total. The van der Waals surface area contributed by atoms with Crippen LogP contribution in [0.5, 0.6) is 0 Å². The molecule has 7 atom stereocenters. The van der Waals surface area contributed by atoms with Gasteiger partial charge in [0.1, 0.15) is 12.2 Å². The van der Waals surface area contributed by atoms with E-state index >= 15 is 0 Å². The molecule has 0 aromatic rings. The number of ether oxygens (including phenoxy) is 2. The maximum absolute atomic E-state index is 11.9. The highest BCUT2D eigenvalue weighted by atomic mass is 16.6. The topological polar surface area (TPSA) is 72.8 Å². The summed E-state index contributed by atoms with van der Waals surface area (Å²) in [6, 6.07) is 0. The van der Waals surface area contributed by atoms with Crippen molar-refractivity contribution in [1.82, 2.24) is 0 Å². The van der Waals surface area contributed by atoms with Gasteiger partial charge in [0.2, 0.25) is 0 Å². The zero-order valence-corrected chi connectivity index (χ0v) is 16.8. The fourth-order valence-corrected chi connectivity index (χ4v) is 5.25. The van der Waals surface area contributed by atoms with Crippen molar-refractivity contribution < 1.29 is 24.2 Å². The Balaban J connectivity index is 1.71. The van der Waals surface area contributed by atoms with Crippen LogP contribution in [0.3, 0.4) is 0 Å². The molecule has 1 aliphatic heterocycles. The van der Waals surface area contributed by atoms with Gasteiger partial charge in [-0.3, -0.25) is 9.59 Å². The molecule has 0 saturated carbocycles. The number of carbonyl (C=O) groups excluding carboxylic acids is 2. The van der Waals surface area contributed by atoms with E-state index in [-0.39, 0.29) is 48.0 Å². The van der Waals surface area contributed by atoms with Gasteiger partial charge in [0.25, 0.3) is 0 Å². The van der Waals surface area contributed by atoms with Crippen LogP contribution >= 0.6 is 0 Å². The van der Waals surface area contributed by atoms with Crippen molar-refractivity contribution in [2.75, 3.05) is 0 Å². The minimum absolute atomic E-state index is 0.139. The van der Waals surface area contributed by atoms with E-state index < -0.39 is 0 Å². The number of carbonyl (C=O) groups is 2. The lowest BCUT2D eigenvalue weighted by Gasteiger charge is -2.50. The average molecular weight is 376 g/mol. The largest absolute Gasteiger partial charge is 0.462 e. The number of aliphatic hydroxyl groups is 1. The first-order valence-electron chi connectivity index (χ1n) is 10.2. The molecule has 1 fully saturated rings. The van der Waals surface area contributed by atoms with Gasteiger partial charge in [-0.2, -0.15) is 0 Å². The van der Waals surface area contributed by atoms with E-state index in [0.717, 1.165) is 19.3 Å². The molecule has 1 saturated heterocycles. The Bertz CT molecular complexity index is 649. The smallest absolute Gasteiger partial charge is 0.309 e. The second kappa shape index (κ2) is 7.78. The average Bonchev–Trinajstić information content (AvgIpc) is 2.55. The number of aliphatic hydroxyl groups excluding tert-OH is 1. The molecule has 1 unspecified atom stereocenters. The molecule has 2 aliphatic carbocycles. The summed E-state index contributed by atoms with van der Waals surface area (Å²) in [5, 5.41) is 10.9. The number of rotatable bonds is 4. The van der Waals surface area contributed by atoms with Crippen LogP contribution in [0.4, 0.5) is 0 Å². The summed E-state index contributed by atoms with van der Waals surface area (Å²) in [5.74, 6) is 0.349. The van der Waals surface area contributed by atoms with Crippen molar-refractivity contribution >= 4 is 11.9 Å². The predicted molar refractivity (Wildman–Crippen MR) is 102 cm³/mol. The Morgan fingerprint density at radius 2 is 2.07 bits per heavy atom. The van der Waals surface area contributed by atoms with Gasteiger partial charge in [0.05, 0.1) is 12.5 Å². The molecule has 3 aliphatic rings. The van der Waals surface area contributed by atoms with Crippen LogP contribution in [0.1, 0.15) is 59.8 Å². The van der Waals surface area contributed by atoms with Crippen molar-refractivity contribution in [3.05, 3.63) is 23.8 Å². The zero-order valence-electron chi connectivity index (χ0n) is 16.8. The predicted octanol–water partition coefficient (Wildman–Crippen LogP) is 3.56. The van der Waals surface area contributed by atoms with Crippen LogP contribution in [0, 0.1) is 23.2 Å². The van der Waals surface area contributed by atoms with E-state index in [1.165, 1.54) is 12.5 Å². The molecule has 0 spiro atoms. The van der Waals surface area contributed by atoms with E-state index in [2.05, 4.69) is 39.0 Å². The van der Waals surface area contributed by atoms with Gasteiger partial charge < -0.3 is 14.6 Å². The molecule has 0 aromatic carbocycles. The van der Waals surface area contributed by atoms with E-state index in [4.69, 9.17) is 9.47 Å². The van der Waals surface area contributed by atoms with E-state index in [0.29, 0.717) is 18.3 Å². The normalized spacial score (nSPS) is 41.4. The summed E-state index contributed by atoms with van der Waals surface area (Å²) in [5.41, 5.74) is 0.963. The Hall–Kier alpha value is -1.62. The standard InChI is InChI=1S/C22H32O5/c1-13-9-16-6-5-14(2)19(22(16,4)20(24)10-13)8-7-17-11-18(26-15(3)23)12-21(25)27-17/h5-6,9,13-14,17-20,24H,7-8,10-12H2,1-4H3/t13-,14-,17?,18+,19-,20-,22-/m0/s1. The Labute approximate surface area is 161 Å². The zero-order chi connectivity index (χ0) is 19.8. The van der Waals surface area contributed by atoms with Crippen molar-refractivity contribution in [3.8, 4) is 0 Å². The second-order valence-electron chi connectivity index (χ2n) is 8.82. The molecule has 3 rings (SSSR count). The van der Waals surface area contributed by atoms with Crippen molar-refractivity contribution in [2.24, 2.45) is 23.2 Å². The summed E-state index contributed by atoms with van der Waals surface area (Å²) < 4.78 is 10.8. The highest BCUT2D eigenvalue weighted by Crippen LogP contribution is 2.53. The van der Waals surface area contributed by atoms with Crippen molar-refractivity contribution in [2.45, 2.75) is 78.1 Å². The fraction of sp³-hybridized carbons (Fsp3) is 0.727. The summed E-state index contributed by atoms with van der Waals surface area (Å²) in [4.78, 5) is 23.1. The van der Waals surface area contributed by atoms with Gasteiger partial charge in [-0.25, -0.2) is 0 Å². The van der Waals surface area contributed by atoms with Crippen LogP contribution in [-0.4, -0.2) is 35.4 Å². The van der Waals surface area contributed by atoms with Crippen LogP contribution in [0.25, 0.3) is 0 Å². The number of esters is 2. The number of cyclic esters (lactones) is 1. The molecule has 0 radical (unpaired) electrons. The Morgan fingerprint density at radius 1 is 1.33 bits per heavy atom. The maximum Gasteiger partial charge on any atom is 0.309 e.